The first-order valence-corrected chi connectivity index (χ1v) is 8.08. The lowest BCUT2D eigenvalue weighted by Gasteiger charge is -2.36. The number of carbonyl (C=O) groups excluding carboxylic acids is 2. The third kappa shape index (κ3) is 4.96. The van der Waals surface area contributed by atoms with Gasteiger partial charge in [-0.1, -0.05) is 30.3 Å². The van der Waals surface area contributed by atoms with E-state index in [1.807, 2.05) is 54.2 Å². The van der Waals surface area contributed by atoms with Crippen molar-refractivity contribution < 1.29 is 9.59 Å². The van der Waals surface area contributed by atoms with Crippen LogP contribution in [0.5, 0.6) is 0 Å². The number of piperazine rings is 1. The van der Waals surface area contributed by atoms with Crippen LogP contribution in [0.1, 0.15) is 12.0 Å². The summed E-state index contributed by atoms with van der Waals surface area (Å²) >= 11 is 0. The highest BCUT2D eigenvalue weighted by atomic mass is 16.2. The van der Waals surface area contributed by atoms with Crippen molar-refractivity contribution in [3.63, 3.8) is 0 Å². The van der Waals surface area contributed by atoms with Gasteiger partial charge in [-0.3, -0.25) is 4.79 Å². The molecule has 126 valence electrons. The van der Waals surface area contributed by atoms with Gasteiger partial charge in [-0.05, 0) is 12.6 Å². The van der Waals surface area contributed by atoms with Crippen LogP contribution in [0.4, 0.5) is 4.79 Å². The summed E-state index contributed by atoms with van der Waals surface area (Å²) in [5.41, 5.74) is 1.12. The molecule has 0 unspecified atom stereocenters. The second kappa shape index (κ2) is 8.53. The highest BCUT2D eigenvalue weighted by Gasteiger charge is 2.25. The normalized spacial score (nSPS) is 14.7. The van der Waals surface area contributed by atoms with E-state index < -0.39 is 0 Å². The molecule has 1 aromatic carbocycles. The Labute approximate surface area is 138 Å². The van der Waals surface area contributed by atoms with Crippen LogP contribution >= 0.6 is 0 Å². The molecule has 1 heterocycles. The van der Waals surface area contributed by atoms with E-state index in [1.165, 1.54) is 0 Å². The summed E-state index contributed by atoms with van der Waals surface area (Å²) in [4.78, 5) is 29.9. The minimum atomic E-state index is 0.0242. The van der Waals surface area contributed by atoms with E-state index in [-0.39, 0.29) is 11.9 Å². The van der Waals surface area contributed by atoms with Gasteiger partial charge in [0.1, 0.15) is 0 Å². The molecular formula is C17H26N4O2. The molecule has 2 rings (SSSR count). The van der Waals surface area contributed by atoms with Crippen LogP contribution in [-0.4, -0.2) is 73.5 Å². The lowest BCUT2D eigenvalue weighted by atomic mass is 10.2. The standard InChI is InChI=1S/C17H26N4O2/c1-18-9-8-16(22)20-10-12-21(13-11-20)17(23)19(2)14-15-6-4-3-5-7-15/h3-7,18H,8-14H2,1-2H3. The Balaban J connectivity index is 1.80. The molecule has 3 amide bonds. The Morgan fingerprint density at radius 1 is 1.09 bits per heavy atom. The number of benzene rings is 1. The predicted molar refractivity (Wildman–Crippen MR) is 90.0 cm³/mol. The molecule has 1 aliphatic heterocycles. The van der Waals surface area contributed by atoms with Gasteiger partial charge in [0.05, 0.1) is 0 Å². The van der Waals surface area contributed by atoms with E-state index >= 15 is 0 Å². The van der Waals surface area contributed by atoms with Crippen molar-refractivity contribution in [2.75, 3.05) is 46.8 Å². The van der Waals surface area contributed by atoms with Gasteiger partial charge in [-0.2, -0.15) is 0 Å². The highest BCUT2D eigenvalue weighted by Crippen LogP contribution is 2.09. The fraction of sp³-hybridized carbons (Fsp3) is 0.529. The molecule has 23 heavy (non-hydrogen) atoms. The van der Waals surface area contributed by atoms with E-state index in [9.17, 15) is 9.59 Å². The molecule has 1 aliphatic rings. The molecule has 0 aromatic heterocycles. The second-order valence-corrected chi connectivity index (χ2v) is 5.85. The van der Waals surface area contributed by atoms with Gasteiger partial charge < -0.3 is 20.0 Å². The summed E-state index contributed by atoms with van der Waals surface area (Å²) in [5, 5.41) is 2.98. The maximum Gasteiger partial charge on any atom is 0.320 e. The first-order chi connectivity index (χ1) is 11.1. The van der Waals surface area contributed by atoms with Gasteiger partial charge in [0.25, 0.3) is 0 Å². The van der Waals surface area contributed by atoms with E-state index in [2.05, 4.69) is 5.32 Å². The van der Waals surface area contributed by atoms with Gasteiger partial charge in [0, 0.05) is 52.7 Å². The number of nitrogens with zero attached hydrogens (tertiary/aromatic N) is 3. The Kier molecular flexibility index (Phi) is 6.40. The molecular weight excluding hydrogens is 292 g/mol. The van der Waals surface area contributed by atoms with Crippen molar-refractivity contribution in [2.45, 2.75) is 13.0 Å². The predicted octanol–water partition coefficient (Wildman–Crippen LogP) is 0.992. The third-order valence-corrected chi connectivity index (χ3v) is 4.08. The summed E-state index contributed by atoms with van der Waals surface area (Å²) in [5.74, 6) is 0.157. The summed E-state index contributed by atoms with van der Waals surface area (Å²) in [6, 6.07) is 9.97. The van der Waals surface area contributed by atoms with Crippen molar-refractivity contribution in [3.8, 4) is 0 Å². The number of nitrogens with one attached hydrogen (secondary N) is 1. The van der Waals surface area contributed by atoms with Crippen LogP contribution in [0.3, 0.4) is 0 Å². The molecule has 0 atom stereocenters. The van der Waals surface area contributed by atoms with Gasteiger partial charge in [-0.15, -0.1) is 0 Å². The van der Waals surface area contributed by atoms with Crippen molar-refractivity contribution in [2.24, 2.45) is 0 Å². The first-order valence-electron chi connectivity index (χ1n) is 8.08. The molecule has 6 nitrogen and oxygen atoms in total. The monoisotopic (exact) mass is 318 g/mol. The van der Waals surface area contributed by atoms with E-state index in [1.54, 1.807) is 4.90 Å². The Hall–Kier alpha value is -2.08. The van der Waals surface area contributed by atoms with Crippen LogP contribution in [0.25, 0.3) is 0 Å². The maximum absolute atomic E-state index is 12.5. The second-order valence-electron chi connectivity index (χ2n) is 5.85. The number of rotatable bonds is 5. The summed E-state index contributed by atoms with van der Waals surface area (Å²) in [6.45, 7) is 3.73. The van der Waals surface area contributed by atoms with E-state index in [4.69, 9.17) is 0 Å². The van der Waals surface area contributed by atoms with Crippen LogP contribution in [-0.2, 0) is 11.3 Å². The number of amides is 3. The van der Waals surface area contributed by atoms with E-state index in [0.29, 0.717) is 45.7 Å². The van der Waals surface area contributed by atoms with Crippen molar-refractivity contribution in [1.82, 2.24) is 20.0 Å². The minimum Gasteiger partial charge on any atom is -0.339 e. The molecule has 6 heteroatoms. The quantitative estimate of drug-likeness (QED) is 0.881. The molecule has 0 radical (unpaired) electrons. The molecule has 1 N–H and O–H groups in total. The molecule has 1 fully saturated rings. The molecule has 1 aromatic rings. The summed E-state index contributed by atoms with van der Waals surface area (Å²) in [6.07, 6.45) is 0.512. The smallest absolute Gasteiger partial charge is 0.320 e. The maximum atomic E-state index is 12.5. The highest BCUT2D eigenvalue weighted by molar-refractivity contribution is 5.77. The van der Waals surface area contributed by atoms with Gasteiger partial charge in [-0.25, -0.2) is 4.79 Å². The van der Waals surface area contributed by atoms with Crippen LogP contribution in [0, 0.1) is 0 Å². The average Bonchev–Trinajstić information content (AvgIpc) is 2.60. The van der Waals surface area contributed by atoms with Gasteiger partial charge in [0.2, 0.25) is 5.91 Å². The lowest BCUT2D eigenvalue weighted by Crippen LogP contribution is -2.53. The topological polar surface area (TPSA) is 55.9 Å². The zero-order valence-electron chi connectivity index (χ0n) is 14.0. The van der Waals surface area contributed by atoms with E-state index in [0.717, 1.165) is 5.56 Å². The number of hydrogen-bond donors (Lipinski definition) is 1. The fourth-order valence-corrected chi connectivity index (χ4v) is 2.70. The minimum absolute atomic E-state index is 0.0242. The Morgan fingerprint density at radius 3 is 2.30 bits per heavy atom. The van der Waals surface area contributed by atoms with Crippen molar-refractivity contribution in [3.05, 3.63) is 35.9 Å². The number of hydrogen-bond acceptors (Lipinski definition) is 3. The number of carbonyl (C=O) groups is 2. The molecule has 0 bridgehead atoms. The third-order valence-electron chi connectivity index (χ3n) is 4.08. The summed E-state index contributed by atoms with van der Waals surface area (Å²) < 4.78 is 0. The molecule has 0 aliphatic carbocycles. The number of urea groups is 1. The average molecular weight is 318 g/mol. The molecule has 0 saturated carbocycles. The first kappa shape index (κ1) is 17.3. The Bertz CT molecular complexity index is 513. The zero-order valence-corrected chi connectivity index (χ0v) is 14.0. The van der Waals surface area contributed by atoms with Gasteiger partial charge in [0.15, 0.2) is 0 Å². The zero-order chi connectivity index (χ0) is 16.7. The molecule has 1 saturated heterocycles. The van der Waals surface area contributed by atoms with Crippen LogP contribution in [0.15, 0.2) is 30.3 Å². The Morgan fingerprint density at radius 2 is 1.70 bits per heavy atom. The SMILES string of the molecule is CNCCC(=O)N1CCN(C(=O)N(C)Cc2ccccc2)CC1. The fourth-order valence-electron chi connectivity index (χ4n) is 2.70. The largest absolute Gasteiger partial charge is 0.339 e. The van der Waals surface area contributed by atoms with Crippen LogP contribution < -0.4 is 5.32 Å². The van der Waals surface area contributed by atoms with Gasteiger partial charge >= 0.3 is 6.03 Å². The van der Waals surface area contributed by atoms with Crippen LogP contribution in [0.2, 0.25) is 0 Å². The van der Waals surface area contributed by atoms with Crippen molar-refractivity contribution >= 4 is 11.9 Å². The van der Waals surface area contributed by atoms with Crippen molar-refractivity contribution in [1.29, 1.82) is 0 Å². The lowest BCUT2D eigenvalue weighted by molar-refractivity contribution is -0.132. The summed E-state index contributed by atoms with van der Waals surface area (Å²) in [7, 11) is 3.66. The molecule has 0 spiro atoms.